The summed E-state index contributed by atoms with van der Waals surface area (Å²) in [5.41, 5.74) is 1.07. The molecule has 0 saturated carbocycles. The Morgan fingerprint density at radius 2 is 1.84 bits per heavy atom. The molecule has 1 aromatic carbocycles. The van der Waals surface area contributed by atoms with Crippen LogP contribution >= 0.6 is 0 Å². The SMILES string of the molecule is CN=C(NCCN1CCCCCC1)NCc1ccc(OC)cc1OC. The molecule has 0 unspecified atom stereocenters. The number of nitrogens with one attached hydrogen (secondary N) is 2. The van der Waals surface area contributed by atoms with Crippen molar-refractivity contribution in [1.29, 1.82) is 0 Å². The highest BCUT2D eigenvalue weighted by atomic mass is 16.5. The van der Waals surface area contributed by atoms with Crippen LogP contribution in [0.5, 0.6) is 11.5 Å². The zero-order chi connectivity index (χ0) is 17.9. The van der Waals surface area contributed by atoms with Gasteiger partial charge in [0.2, 0.25) is 0 Å². The Balaban J connectivity index is 1.78. The van der Waals surface area contributed by atoms with E-state index in [1.54, 1.807) is 21.3 Å². The minimum Gasteiger partial charge on any atom is -0.497 e. The van der Waals surface area contributed by atoms with Gasteiger partial charge in [0.25, 0.3) is 0 Å². The Morgan fingerprint density at radius 3 is 2.48 bits per heavy atom. The van der Waals surface area contributed by atoms with Gasteiger partial charge < -0.3 is 25.0 Å². The summed E-state index contributed by atoms with van der Waals surface area (Å²) >= 11 is 0. The summed E-state index contributed by atoms with van der Waals surface area (Å²) in [7, 11) is 5.13. The Labute approximate surface area is 151 Å². The van der Waals surface area contributed by atoms with Crippen molar-refractivity contribution in [3.05, 3.63) is 23.8 Å². The van der Waals surface area contributed by atoms with Crippen molar-refractivity contribution in [3.63, 3.8) is 0 Å². The largest absolute Gasteiger partial charge is 0.497 e. The van der Waals surface area contributed by atoms with Crippen LogP contribution in [0.4, 0.5) is 0 Å². The van der Waals surface area contributed by atoms with Gasteiger partial charge in [-0.1, -0.05) is 12.8 Å². The third kappa shape index (κ3) is 6.46. The van der Waals surface area contributed by atoms with Crippen LogP contribution in [0.15, 0.2) is 23.2 Å². The molecule has 1 aliphatic rings. The van der Waals surface area contributed by atoms with E-state index in [0.29, 0.717) is 6.54 Å². The molecule has 0 spiro atoms. The van der Waals surface area contributed by atoms with E-state index >= 15 is 0 Å². The van der Waals surface area contributed by atoms with Crippen molar-refractivity contribution >= 4 is 5.96 Å². The molecule has 25 heavy (non-hydrogen) atoms. The molecule has 1 aliphatic heterocycles. The van der Waals surface area contributed by atoms with E-state index in [9.17, 15) is 0 Å². The van der Waals surface area contributed by atoms with Crippen LogP contribution in [0.2, 0.25) is 0 Å². The molecule has 2 rings (SSSR count). The minimum absolute atomic E-state index is 0.649. The summed E-state index contributed by atoms with van der Waals surface area (Å²) in [6.07, 6.45) is 5.39. The Morgan fingerprint density at radius 1 is 1.08 bits per heavy atom. The number of hydrogen-bond donors (Lipinski definition) is 2. The normalized spacial score (nSPS) is 16.2. The fourth-order valence-corrected chi connectivity index (χ4v) is 3.09. The zero-order valence-corrected chi connectivity index (χ0v) is 15.8. The van der Waals surface area contributed by atoms with Crippen molar-refractivity contribution in [1.82, 2.24) is 15.5 Å². The van der Waals surface area contributed by atoms with Crippen LogP contribution in [0, 0.1) is 0 Å². The van der Waals surface area contributed by atoms with Gasteiger partial charge in [0.05, 0.1) is 14.2 Å². The molecule has 1 heterocycles. The van der Waals surface area contributed by atoms with Crippen LogP contribution in [-0.2, 0) is 6.54 Å². The first kappa shape index (κ1) is 19.4. The fraction of sp³-hybridized carbons (Fsp3) is 0.632. The third-order valence-corrected chi connectivity index (χ3v) is 4.58. The summed E-state index contributed by atoms with van der Waals surface area (Å²) in [6, 6.07) is 5.84. The second kappa shape index (κ2) is 10.8. The molecule has 0 aliphatic carbocycles. The Kier molecular flexibility index (Phi) is 8.39. The van der Waals surface area contributed by atoms with Crippen molar-refractivity contribution in [2.75, 3.05) is 47.4 Å². The first-order valence-corrected chi connectivity index (χ1v) is 9.14. The average Bonchev–Trinajstić information content (AvgIpc) is 2.93. The van der Waals surface area contributed by atoms with Crippen LogP contribution in [-0.4, -0.2) is 58.3 Å². The standard InChI is InChI=1S/C19H32N4O2/c1-20-19(21-10-13-23-11-6-4-5-7-12-23)22-15-16-8-9-17(24-2)14-18(16)25-3/h8-9,14H,4-7,10-13,15H2,1-3H3,(H2,20,21,22). The summed E-state index contributed by atoms with van der Waals surface area (Å²) in [4.78, 5) is 6.85. The predicted octanol–water partition coefficient (Wildman–Crippen LogP) is 2.24. The molecule has 1 aromatic rings. The van der Waals surface area contributed by atoms with E-state index in [2.05, 4.69) is 20.5 Å². The molecule has 2 N–H and O–H groups in total. The predicted molar refractivity (Wildman–Crippen MR) is 103 cm³/mol. The van der Waals surface area contributed by atoms with Crippen molar-refractivity contribution < 1.29 is 9.47 Å². The number of hydrogen-bond acceptors (Lipinski definition) is 4. The van der Waals surface area contributed by atoms with E-state index in [0.717, 1.165) is 36.1 Å². The first-order valence-electron chi connectivity index (χ1n) is 9.14. The van der Waals surface area contributed by atoms with E-state index < -0.39 is 0 Å². The maximum atomic E-state index is 5.44. The Bertz CT molecular complexity index is 540. The summed E-state index contributed by atoms with van der Waals surface area (Å²) in [5.74, 6) is 2.42. The van der Waals surface area contributed by atoms with Gasteiger partial charge in [-0.3, -0.25) is 4.99 Å². The molecular formula is C19H32N4O2. The summed E-state index contributed by atoms with van der Waals surface area (Å²) < 4.78 is 10.7. The Hall–Kier alpha value is -1.95. The van der Waals surface area contributed by atoms with Crippen LogP contribution in [0.3, 0.4) is 0 Å². The summed E-state index contributed by atoms with van der Waals surface area (Å²) in [6.45, 7) is 5.05. The maximum Gasteiger partial charge on any atom is 0.191 e. The molecule has 0 radical (unpaired) electrons. The fourth-order valence-electron chi connectivity index (χ4n) is 3.09. The number of rotatable bonds is 7. The maximum absolute atomic E-state index is 5.44. The number of aliphatic imine (C=N–C) groups is 1. The second-order valence-electron chi connectivity index (χ2n) is 6.29. The highest BCUT2D eigenvalue weighted by Gasteiger charge is 2.09. The lowest BCUT2D eigenvalue weighted by Gasteiger charge is -2.21. The van der Waals surface area contributed by atoms with E-state index in [4.69, 9.17) is 9.47 Å². The number of likely N-dealkylation sites (tertiary alicyclic amines) is 1. The smallest absolute Gasteiger partial charge is 0.191 e. The third-order valence-electron chi connectivity index (χ3n) is 4.58. The summed E-state index contributed by atoms with van der Waals surface area (Å²) in [5, 5.41) is 6.75. The zero-order valence-electron chi connectivity index (χ0n) is 15.8. The van der Waals surface area contributed by atoms with Gasteiger partial charge in [-0.2, -0.15) is 0 Å². The van der Waals surface area contributed by atoms with Gasteiger partial charge in [-0.05, 0) is 38.1 Å². The number of benzene rings is 1. The number of guanidine groups is 1. The van der Waals surface area contributed by atoms with Crippen LogP contribution in [0.25, 0.3) is 0 Å². The monoisotopic (exact) mass is 348 g/mol. The van der Waals surface area contributed by atoms with Crippen molar-refractivity contribution in [2.24, 2.45) is 4.99 Å². The van der Waals surface area contributed by atoms with Gasteiger partial charge in [0.15, 0.2) is 5.96 Å². The molecule has 0 aromatic heterocycles. The molecule has 6 nitrogen and oxygen atoms in total. The van der Waals surface area contributed by atoms with Gasteiger partial charge >= 0.3 is 0 Å². The van der Waals surface area contributed by atoms with Gasteiger partial charge in [0.1, 0.15) is 11.5 Å². The molecular weight excluding hydrogens is 316 g/mol. The number of ether oxygens (including phenoxy) is 2. The average molecular weight is 348 g/mol. The number of nitrogens with zero attached hydrogens (tertiary/aromatic N) is 2. The van der Waals surface area contributed by atoms with Gasteiger partial charge in [-0.15, -0.1) is 0 Å². The number of methoxy groups -OCH3 is 2. The van der Waals surface area contributed by atoms with E-state index in [-0.39, 0.29) is 0 Å². The van der Waals surface area contributed by atoms with Gasteiger partial charge in [-0.25, -0.2) is 0 Å². The molecule has 6 heteroatoms. The lowest BCUT2D eigenvalue weighted by Crippen LogP contribution is -2.41. The van der Waals surface area contributed by atoms with Crippen LogP contribution in [0.1, 0.15) is 31.2 Å². The van der Waals surface area contributed by atoms with Gasteiger partial charge in [0, 0.05) is 38.3 Å². The second-order valence-corrected chi connectivity index (χ2v) is 6.29. The molecule has 1 fully saturated rings. The first-order chi connectivity index (χ1) is 12.3. The highest BCUT2D eigenvalue weighted by molar-refractivity contribution is 5.79. The molecule has 1 saturated heterocycles. The molecule has 0 bridgehead atoms. The van der Waals surface area contributed by atoms with E-state index in [1.165, 1.54) is 38.8 Å². The van der Waals surface area contributed by atoms with Crippen molar-refractivity contribution in [2.45, 2.75) is 32.2 Å². The van der Waals surface area contributed by atoms with Crippen molar-refractivity contribution in [3.8, 4) is 11.5 Å². The molecule has 0 amide bonds. The topological polar surface area (TPSA) is 58.1 Å². The quantitative estimate of drug-likeness (QED) is 0.585. The van der Waals surface area contributed by atoms with Crippen LogP contribution < -0.4 is 20.1 Å². The molecule has 140 valence electrons. The minimum atomic E-state index is 0.649. The van der Waals surface area contributed by atoms with E-state index in [1.807, 2.05) is 18.2 Å². The lowest BCUT2D eigenvalue weighted by atomic mass is 10.2. The lowest BCUT2D eigenvalue weighted by molar-refractivity contribution is 0.289. The highest BCUT2D eigenvalue weighted by Crippen LogP contribution is 2.24. The molecule has 0 atom stereocenters.